The highest BCUT2D eigenvalue weighted by molar-refractivity contribution is 7.90. The summed E-state index contributed by atoms with van der Waals surface area (Å²) in [6.07, 6.45) is 1.61. The lowest BCUT2D eigenvalue weighted by atomic mass is 10.1. The summed E-state index contributed by atoms with van der Waals surface area (Å²) in [5.74, 6) is -0.312. The third-order valence-corrected chi connectivity index (χ3v) is 5.20. The van der Waals surface area contributed by atoms with Gasteiger partial charge in [-0.15, -0.1) is 0 Å². The van der Waals surface area contributed by atoms with E-state index in [2.05, 4.69) is 10.6 Å². The molecule has 2 aromatic rings. The zero-order chi connectivity index (χ0) is 19.9. The Labute approximate surface area is 159 Å². The van der Waals surface area contributed by atoms with Crippen molar-refractivity contribution < 1.29 is 18.0 Å². The summed E-state index contributed by atoms with van der Waals surface area (Å²) < 4.78 is 23.0. The maximum Gasteiger partial charge on any atom is 0.224 e. The van der Waals surface area contributed by atoms with E-state index in [1.54, 1.807) is 12.1 Å². The van der Waals surface area contributed by atoms with Crippen LogP contribution in [0.2, 0.25) is 0 Å². The van der Waals surface area contributed by atoms with Gasteiger partial charge in [0.1, 0.15) is 0 Å². The highest BCUT2D eigenvalue weighted by Crippen LogP contribution is 2.16. The molecule has 0 saturated heterocycles. The van der Waals surface area contributed by atoms with Crippen molar-refractivity contribution in [2.45, 2.75) is 30.7 Å². The molecular weight excluding hydrogens is 364 g/mol. The van der Waals surface area contributed by atoms with Crippen molar-refractivity contribution in [2.75, 3.05) is 12.8 Å². The number of carbonyl (C=O) groups excluding carboxylic acids is 2. The lowest BCUT2D eigenvalue weighted by Crippen LogP contribution is -2.32. The van der Waals surface area contributed by atoms with Crippen molar-refractivity contribution in [3.8, 4) is 0 Å². The van der Waals surface area contributed by atoms with Crippen LogP contribution >= 0.6 is 0 Å². The Kier molecular flexibility index (Phi) is 7.12. The third-order valence-electron chi connectivity index (χ3n) is 4.07. The van der Waals surface area contributed by atoms with E-state index in [-0.39, 0.29) is 42.1 Å². The van der Waals surface area contributed by atoms with E-state index in [9.17, 15) is 18.0 Å². The van der Waals surface area contributed by atoms with E-state index < -0.39 is 9.84 Å². The molecule has 0 aliphatic heterocycles. The van der Waals surface area contributed by atoms with E-state index in [4.69, 9.17) is 0 Å². The van der Waals surface area contributed by atoms with Crippen molar-refractivity contribution in [1.82, 2.24) is 10.6 Å². The lowest BCUT2D eigenvalue weighted by molar-refractivity contribution is -0.122. The molecule has 7 heteroatoms. The van der Waals surface area contributed by atoms with Crippen LogP contribution in [0.1, 0.15) is 30.5 Å². The summed E-state index contributed by atoms with van der Waals surface area (Å²) in [7, 11) is -3.24. The van der Waals surface area contributed by atoms with Crippen LogP contribution in [-0.2, 0) is 25.8 Å². The highest BCUT2D eigenvalue weighted by Gasteiger charge is 2.12. The SMILES string of the molecule is CC(NC(=O)CCNC(=O)Cc1ccccc1)c1ccc(S(C)(=O)=O)cc1. The fraction of sp³-hybridized carbons (Fsp3) is 0.300. The number of carbonyl (C=O) groups is 2. The molecule has 2 amide bonds. The first-order valence-electron chi connectivity index (χ1n) is 8.65. The largest absolute Gasteiger partial charge is 0.355 e. The molecule has 0 aliphatic carbocycles. The van der Waals surface area contributed by atoms with Gasteiger partial charge in [-0.3, -0.25) is 9.59 Å². The standard InChI is InChI=1S/C20H24N2O4S/c1-15(17-8-10-18(11-9-17)27(2,25)26)22-19(23)12-13-21-20(24)14-16-6-4-3-5-7-16/h3-11,15H,12-14H2,1-2H3,(H,21,24)(H,22,23). The molecule has 0 radical (unpaired) electrons. The predicted molar refractivity (Wildman–Crippen MR) is 104 cm³/mol. The van der Waals surface area contributed by atoms with Gasteiger partial charge in [-0.05, 0) is 30.2 Å². The Morgan fingerprint density at radius 3 is 2.19 bits per heavy atom. The third kappa shape index (κ3) is 6.86. The first kappa shape index (κ1) is 20.6. The highest BCUT2D eigenvalue weighted by atomic mass is 32.2. The average molecular weight is 388 g/mol. The van der Waals surface area contributed by atoms with Crippen LogP contribution < -0.4 is 10.6 Å². The summed E-state index contributed by atoms with van der Waals surface area (Å²) in [5.41, 5.74) is 1.73. The number of hydrogen-bond donors (Lipinski definition) is 2. The fourth-order valence-corrected chi connectivity index (χ4v) is 3.19. The van der Waals surface area contributed by atoms with Crippen LogP contribution in [0, 0.1) is 0 Å². The van der Waals surface area contributed by atoms with Gasteiger partial charge >= 0.3 is 0 Å². The second-order valence-electron chi connectivity index (χ2n) is 6.39. The zero-order valence-corrected chi connectivity index (χ0v) is 16.3. The molecule has 1 atom stereocenters. The van der Waals surface area contributed by atoms with E-state index in [0.717, 1.165) is 17.4 Å². The number of amides is 2. The first-order chi connectivity index (χ1) is 12.8. The molecule has 0 spiro atoms. The Bertz CT molecular complexity index is 878. The van der Waals surface area contributed by atoms with Gasteiger partial charge in [0.05, 0.1) is 17.4 Å². The first-order valence-corrected chi connectivity index (χ1v) is 10.5. The Morgan fingerprint density at radius 2 is 1.59 bits per heavy atom. The number of benzene rings is 2. The molecule has 27 heavy (non-hydrogen) atoms. The van der Waals surface area contributed by atoms with E-state index in [0.29, 0.717) is 0 Å². The molecular formula is C20H24N2O4S. The van der Waals surface area contributed by atoms with Crippen LogP contribution in [0.5, 0.6) is 0 Å². The van der Waals surface area contributed by atoms with E-state index >= 15 is 0 Å². The summed E-state index contributed by atoms with van der Waals surface area (Å²) in [6, 6.07) is 15.6. The molecule has 0 aliphatic rings. The van der Waals surface area contributed by atoms with Gasteiger partial charge in [-0.1, -0.05) is 42.5 Å². The minimum absolute atomic E-state index is 0.126. The maximum absolute atomic E-state index is 12.0. The monoisotopic (exact) mass is 388 g/mol. The molecule has 0 heterocycles. The van der Waals surface area contributed by atoms with Gasteiger partial charge in [0.25, 0.3) is 0 Å². The Morgan fingerprint density at radius 1 is 0.963 bits per heavy atom. The van der Waals surface area contributed by atoms with Crippen LogP contribution in [0.15, 0.2) is 59.5 Å². The minimum atomic E-state index is -3.24. The van der Waals surface area contributed by atoms with Gasteiger partial charge in [0.2, 0.25) is 11.8 Å². The smallest absolute Gasteiger partial charge is 0.224 e. The van der Waals surface area contributed by atoms with Crippen LogP contribution in [0.4, 0.5) is 0 Å². The Hall–Kier alpha value is -2.67. The van der Waals surface area contributed by atoms with Crippen LogP contribution in [0.3, 0.4) is 0 Å². The second-order valence-corrected chi connectivity index (χ2v) is 8.41. The molecule has 2 aromatic carbocycles. The molecule has 1 unspecified atom stereocenters. The van der Waals surface area contributed by atoms with Crippen LogP contribution in [-0.4, -0.2) is 33.0 Å². The molecule has 6 nitrogen and oxygen atoms in total. The van der Waals surface area contributed by atoms with E-state index in [1.165, 1.54) is 12.1 Å². The van der Waals surface area contributed by atoms with Crippen LogP contribution in [0.25, 0.3) is 0 Å². The molecule has 2 N–H and O–H groups in total. The number of rotatable bonds is 8. The molecule has 0 saturated carbocycles. The van der Waals surface area contributed by atoms with Gasteiger partial charge < -0.3 is 10.6 Å². The number of sulfone groups is 1. The molecule has 0 bridgehead atoms. The van der Waals surface area contributed by atoms with Crippen molar-refractivity contribution in [3.63, 3.8) is 0 Å². The summed E-state index contributed by atoms with van der Waals surface area (Å²) in [4.78, 5) is 24.1. The van der Waals surface area contributed by atoms with Crippen molar-refractivity contribution in [3.05, 3.63) is 65.7 Å². The quantitative estimate of drug-likeness (QED) is 0.724. The molecule has 144 valence electrons. The summed E-state index contributed by atoms with van der Waals surface area (Å²) in [5, 5.41) is 5.57. The summed E-state index contributed by atoms with van der Waals surface area (Å²) in [6.45, 7) is 2.08. The van der Waals surface area contributed by atoms with Crippen molar-refractivity contribution in [2.24, 2.45) is 0 Å². The number of nitrogens with one attached hydrogen (secondary N) is 2. The zero-order valence-electron chi connectivity index (χ0n) is 15.4. The van der Waals surface area contributed by atoms with E-state index in [1.807, 2.05) is 37.3 Å². The van der Waals surface area contributed by atoms with Gasteiger partial charge in [0.15, 0.2) is 9.84 Å². The van der Waals surface area contributed by atoms with Gasteiger partial charge in [0, 0.05) is 19.2 Å². The predicted octanol–water partition coefficient (Wildman–Crippen LogP) is 2.02. The second kappa shape index (κ2) is 9.32. The lowest BCUT2D eigenvalue weighted by Gasteiger charge is -2.15. The Balaban J connectivity index is 1.75. The molecule has 0 aromatic heterocycles. The van der Waals surface area contributed by atoms with Gasteiger partial charge in [-0.25, -0.2) is 8.42 Å². The average Bonchev–Trinajstić information content (AvgIpc) is 2.62. The maximum atomic E-state index is 12.0. The minimum Gasteiger partial charge on any atom is -0.355 e. The number of hydrogen-bond acceptors (Lipinski definition) is 4. The van der Waals surface area contributed by atoms with Crippen molar-refractivity contribution in [1.29, 1.82) is 0 Å². The molecule has 2 rings (SSSR count). The topological polar surface area (TPSA) is 92.3 Å². The normalized spacial score (nSPS) is 12.2. The fourth-order valence-electron chi connectivity index (χ4n) is 2.56. The van der Waals surface area contributed by atoms with Crippen molar-refractivity contribution >= 4 is 21.7 Å². The molecule has 0 fully saturated rings. The summed E-state index contributed by atoms with van der Waals surface area (Å²) >= 11 is 0. The van der Waals surface area contributed by atoms with Gasteiger partial charge in [-0.2, -0.15) is 0 Å².